The SMILES string of the molecule is COC(=O)c1cccc(NC(=O)CN2CCCN(C(=O)CCc3ccc(OC)cc3)CC2)c1. The van der Waals surface area contributed by atoms with Crippen LogP contribution in [0.1, 0.15) is 28.8 Å². The van der Waals surface area contributed by atoms with Crippen molar-refractivity contribution in [1.29, 1.82) is 0 Å². The van der Waals surface area contributed by atoms with E-state index in [0.29, 0.717) is 43.7 Å². The van der Waals surface area contributed by atoms with Crippen molar-refractivity contribution in [3.05, 3.63) is 59.7 Å². The minimum atomic E-state index is -0.449. The fourth-order valence-corrected chi connectivity index (χ4v) is 3.83. The van der Waals surface area contributed by atoms with Crippen LogP contribution in [0.2, 0.25) is 0 Å². The summed E-state index contributed by atoms with van der Waals surface area (Å²) in [7, 11) is 2.95. The molecular formula is C25H31N3O5. The van der Waals surface area contributed by atoms with Crippen LogP contribution in [0.25, 0.3) is 0 Å². The Balaban J connectivity index is 1.44. The summed E-state index contributed by atoms with van der Waals surface area (Å²) in [5, 5.41) is 2.83. The molecule has 1 N–H and O–H groups in total. The van der Waals surface area contributed by atoms with E-state index >= 15 is 0 Å². The second kappa shape index (κ2) is 12.0. The summed E-state index contributed by atoms with van der Waals surface area (Å²) in [5.74, 6) is 0.335. The van der Waals surface area contributed by atoms with Crippen LogP contribution in [0.3, 0.4) is 0 Å². The third-order valence-electron chi connectivity index (χ3n) is 5.66. The van der Waals surface area contributed by atoms with Crippen molar-refractivity contribution >= 4 is 23.5 Å². The molecule has 2 amide bonds. The molecule has 0 radical (unpaired) electrons. The van der Waals surface area contributed by atoms with Gasteiger partial charge in [-0.25, -0.2) is 4.79 Å². The first kappa shape index (κ1) is 24.3. The fraction of sp³-hybridized carbons (Fsp3) is 0.400. The lowest BCUT2D eigenvalue weighted by Crippen LogP contribution is -2.38. The Labute approximate surface area is 194 Å². The van der Waals surface area contributed by atoms with Crippen molar-refractivity contribution in [3.63, 3.8) is 0 Å². The summed E-state index contributed by atoms with van der Waals surface area (Å²) >= 11 is 0. The molecule has 0 aliphatic carbocycles. The monoisotopic (exact) mass is 453 g/mol. The van der Waals surface area contributed by atoms with E-state index < -0.39 is 5.97 Å². The Bertz CT molecular complexity index is 961. The maximum absolute atomic E-state index is 12.7. The number of carbonyl (C=O) groups is 3. The van der Waals surface area contributed by atoms with Crippen molar-refractivity contribution in [2.45, 2.75) is 19.3 Å². The minimum absolute atomic E-state index is 0.136. The van der Waals surface area contributed by atoms with E-state index in [1.54, 1.807) is 31.4 Å². The normalized spacial score (nSPS) is 14.3. The Morgan fingerprint density at radius 3 is 2.48 bits per heavy atom. The van der Waals surface area contributed by atoms with Crippen LogP contribution in [0.4, 0.5) is 5.69 Å². The number of aryl methyl sites for hydroxylation is 1. The Hall–Kier alpha value is -3.39. The molecular weight excluding hydrogens is 422 g/mol. The quantitative estimate of drug-likeness (QED) is 0.618. The molecule has 2 aromatic carbocycles. The zero-order valence-corrected chi connectivity index (χ0v) is 19.2. The van der Waals surface area contributed by atoms with E-state index in [1.165, 1.54) is 7.11 Å². The lowest BCUT2D eigenvalue weighted by atomic mass is 10.1. The molecule has 0 atom stereocenters. The first-order chi connectivity index (χ1) is 16.0. The first-order valence-electron chi connectivity index (χ1n) is 11.1. The molecule has 0 aromatic heterocycles. The van der Waals surface area contributed by atoms with Crippen molar-refractivity contribution in [2.24, 2.45) is 0 Å². The van der Waals surface area contributed by atoms with E-state index in [-0.39, 0.29) is 18.4 Å². The van der Waals surface area contributed by atoms with Gasteiger partial charge in [-0.15, -0.1) is 0 Å². The molecule has 1 aliphatic rings. The average Bonchev–Trinajstić information content (AvgIpc) is 3.08. The molecule has 1 aliphatic heterocycles. The Morgan fingerprint density at radius 1 is 0.970 bits per heavy atom. The number of anilines is 1. The summed E-state index contributed by atoms with van der Waals surface area (Å²) in [6.07, 6.45) is 1.97. The molecule has 2 aromatic rings. The van der Waals surface area contributed by atoms with E-state index in [9.17, 15) is 14.4 Å². The maximum Gasteiger partial charge on any atom is 0.337 e. The molecule has 1 saturated heterocycles. The molecule has 0 saturated carbocycles. The maximum atomic E-state index is 12.7. The highest BCUT2D eigenvalue weighted by atomic mass is 16.5. The van der Waals surface area contributed by atoms with Gasteiger partial charge in [-0.1, -0.05) is 18.2 Å². The number of nitrogens with zero attached hydrogens (tertiary/aromatic N) is 2. The Morgan fingerprint density at radius 2 is 1.76 bits per heavy atom. The van der Waals surface area contributed by atoms with Crippen molar-refractivity contribution in [1.82, 2.24) is 9.80 Å². The molecule has 8 nitrogen and oxygen atoms in total. The summed E-state index contributed by atoms with van der Waals surface area (Å²) in [5.41, 5.74) is 2.04. The van der Waals surface area contributed by atoms with Gasteiger partial charge in [-0.2, -0.15) is 0 Å². The number of esters is 1. The molecule has 1 heterocycles. The molecule has 8 heteroatoms. The molecule has 33 heavy (non-hydrogen) atoms. The average molecular weight is 454 g/mol. The number of hydrogen-bond donors (Lipinski definition) is 1. The van der Waals surface area contributed by atoms with Crippen LogP contribution in [0.15, 0.2) is 48.5 Å². The van der Waals surface area contributed by atoms with Crippen LogP contribution >= 0.6 is 0 Å². The minimum Gasteiger partial charge on any atom is -0.497 e. The van der Waals surface area contributed by atoms with Crippen molar-refractivity contribution in [3.8, 4) is 5.75 Å². The topological polar surface area (TPSA) is 88.2 Å². The first-order valence-corrected chi connectivity index (χ1v) is 11.1. The molecule has 176 valence electrons. The number of ether oxygens (including phenoxy) is 2. The number of rotatable bonds is 8. The van der Waals surface area contributed by atoms with Gasteiger partial charge in [0.1, 0.15) is 5.75 Å². The van der Waals surface area contributed by atoms with Gasteiger partial charge in [0.05, 0.1) is 26.3 Å². The molecule has 1 fully saturated rings. The lowest BCUT2D eigenvalue weighted by molar-refractivity contribution is -0.131. The highest BCUT2D eigenvalue weighted by Gasteiger charge is 2.20. The number of amides is 2. The third-order valence-corrected chi connectivity index (χ3v) is 5.66. The molecule has 0 bridgehead atoms. The van der Waals surface area contributed by atoms with E-state index in [1.807, 2.05) is 29.2 Å². The summed E-state index contributed by atoms with van der Waals surface area (Å²) < 4.78 is 9.88. The molecule has 0 unspecified atom stereocenters. The van der Waals surface area contributed by atoms with Gasteiger partial charge >= 0.3 is 5.97 Å². The number of carbonyl (C=O) groups excluding carboxylic acids is 3. The van der Waals surface area contributed by atoms with Crippen LogP contribution in [0, 0.1) is 0 Å². The van der Waals surface area contributed by atoms with Crippen molar-refractivity contribution < 1.29 is 23.9 Å². The highest BCUT2D eigenvalue weighted by molar-refractivity contribution is 5.95. The van der Waals surface area contributed by atoms with Gasteiger partial charge in [0.15, 0.2) is 0 Å². The van der Waals surface area contributed by atoms with Crippen LogP contribution in [0.5, 0.6) is 5.75 Å². The second-order valence-electron chi connectivity index (χ2n) is 7.98. The zero-order chi connectivity index (χ0) is 23.6. The number of methoxy groups -OCH3 is 2. The van der Waals surface area contributed by atoms with Gasteiger partial charge in [0.2, 0.25) is 11.8 Å². The molecule has 3 rings (SSSR count). The van der Waals surface area contributed by atoms with E-state index in [2.05, 4.69) is 10.2 Å². The predicted octanol–water partition coefficient (Wildman–Crippen LogP) is 2.59. The smallest absolute Gasteiger partial charge is 0.337 e. The largest absolute Gasteiger partial charge is 0.497 e. The van der Waals surface area contributed by atoms with Gasteiger partial charge in [-0.3, -0.25) is 14.5 Å². The zero-order valence-electron chi connectivity index (χ0n) is 19.2. The third kappa shape index (κ3) is 7.32. The highest BCUT2D eigenvalue weighted by Crippen LogP contribution is 2.14. The van der Waals surface area contributed by atoms with Crippen LogP contribution in [-0.4, -0.2) is 74.5 Å². The van der Waals surface area contributed by atoms with Gasteiger partial charge in [-0.05, 0) is 48.7 Å². The van der Waals surface area contributed by atoms with E-state index in [4.69, 9.17) is 9.47 Å². The standard InChI is InChI=1S/C25H31N3O5/c1-32-22-10-7-19(8-11-22)9-12-24(30)28-14-4-13-27(15-16-28)18-23(29)26-21-6-3-5-20(17-21)25(31)33-2/h3,5-8,10-11,17H,4,9,12-16,18H2,1-2H3,(H,26,29). The van der Waals surface area contributed by atoms with Gasteiger partial charge < -0.3 is 19.7 Å². The molecule has 0 spiro atoms. The van der Waals surface area contributed by atoms with Crippen molar-refractivity contribution in [2.75, 3.05) is 52.3 Å². The van der Waals surface area contributed by atoms with Gasteiger partial charge in [0.25, 0.3) is 0 Å². The van der Waals surface area contributed by atoms with E-state index in [0.717, 1.165) is 24.3 Å². The van der Waals surface area contributed by atoms with Crippen LogP contribution < -0.4 is 10.1 Å². The predicted molar refractivity (Wildman–Crippen MR) is 125 cm³/mol. The lowest BCUT2D eigenvalue weighted by Gasteiger charge is -2.22. The van der Waals surface area contributed by atoms with Gasteiger partial charge in [0, 0.05) is 38.3 Å². The second-order valence-corrected chi connectivity index (χ2v) is 7.98. The van der Waals surface area contributed by atoms with Crippen LogP contribution in [-0.2, 0) is 20.7 Å². The fourth-order valence-electron chi connectivity index (χ4n) is 3.83. The summed E-state index contributed by atoms with van der Waals surface area (Å²) in [6, 6.07) is 14.4. The Kier molecular flexibility index (Phi) is 8.83. The number of benzene rings is 2. The number of nitrogens with one attached hydrogen (secondary N) is 1. The summed E-state index contributed by atoms with van der Waals surface area (Å²) in [6.45, 7) is 2.92. The summed E-state index contributed by atoms with van der Waals surface area (Å²) in [4.78, 5) is 40.8. The number of hydrogen-bond acceptors (Lipinski definition) is 6.